The first-order chi connectivity index (χ1) is 9.72. The fourth-order valence-corrected chi connectivity index (χ4v) is 2.99. The van der Waals surface area contributed by atoms with Crippen molar-refractivity contribution < 1.29 is 19.1 Å². The summed E-state index contributed by atoms with van der Waals surface area (Å²) in [6.45, 7) is 3.57. The Morgan fingerprint density at radius 3 is 2.70 bits per heavy atom. The molecule has 2 rings (SSSR count). The van der Waals surface area contributed by atoms with E-state index in [4.69, 9.17) is 9.47 Å². The van der Waals surface area contributed by atoms with E-state index in [9.17, 15) is 9.59 Å². The van der Waals surface area contributed by atoms with Crippen LogP contribution < -0.4 is 0 Å². The zero-order valence-electron chi connectivity index (χ0n) is 12.3. The largest absolute Gasteiger partial charge is 0.464 e. The smallest absolute Gasteiger partial charge is 0.328 e. The lowest BCUT2D eigenvalue weighted by Crippen LogP contribution is -2.49. The van der Waals surface area contributed by atoms with Crippen molar-refractivity contribution in [1.29, 1.82) is 0 Å². The Morgan fingerprint density at radius 1 is 1.20 bits per heavy atom. The number of hydrogen-bond acceptors (Lipinski definition) is 4. The Hall–Kier alpha value is -1.10. The fourth-order valence-electron chi connectivity index (χ4n) is 2.99. The van der Waals surface area contributed by atoms with Crippen LogP contribution in [0.5, 0.6) is 0 Å². The van der Waals surface area contributed by atoms with E-state index in [1.54, 1.807) is 11.8 Å². The highest BCUT2D eigenvalue weighted by atomic mass is 16.5. The average molecular weight is 283 g/mol. The summed E-state index contributed by atoms with van der Waals surface area (Å²) >= 11 is 0. The summed E-state index contributed by atoms with van der Waals surface area (Å²) in [6.07, 6.45) is 6.25. The van der Waals surface area contributed by atoms with E-state index < -0.39 is 0 Å². The van der Waals surface area contributed by atoms with Gasteiger partial charge in [-0.3, -0.25) is 4.79 Å². The molecule has 1 amide bonds. The maximum atomic E-state index is 12.4. The molecular formula is C15H25NO4. The standard InChI is InChI=1S/C15H25NO4/c1-2-19-15(18)13-8-3-5-9-16(13)14(17)11-12-7-4-6-10-20-12/h12-13H,2-11H2,1H3. The first kappa shape index (κ1) is 15.3. The van der Waals surface area contributed by atoms with Gasteiger partial charge in [0.2, 0.25) is 5.91 Å². The molecule has 2 aliphatic rings. The number of likely N-dealkylation sites (tertiary alicyclic amines) is 1. The molecule has 0 saturated carbocycles. The van der Waals surface area contributed by atoms with Gasteiger partial charge in [0.1, 0.15) is 6.04 Å². The molecule has 0 aromatic rings. The molecule has 0 aromatic carbocycles. The van der Waals surface area contributed by atoms with Crippen molar-refractivity contribution in [2.45, 2.75) is 64.0 Å². The van der Waals surface area contributed by atoms with E-state index in [0.29, 0.717) is 19.6 Å². The first-order valence-corrected chi connectivity index (χ1v) is 7.80. The number of nitrogens with zero attached hydrogens (tertiary/aromatic N) is 1. The Balaban J connectivity index is 1.92. The molecule has 0 aliphatic carbocycles. The highest BCUT2D eigenvalue weighted by Crippen LogP contribution is 2.22. The van der Waals surface area contributed by atoms with Crippen molar-refractivity contribution in [2.24, 2.45) is 0 Å². The molecule has 0 aromatic heterocycles. The summed E-state index contributed by atoms with van der Waals surface area (Å²) in [5, 5.41) is 0. The maximum absolute atomic E-state index is 12.4. The SMILES string of the molecule is CCOC(=O)C1CCCCN1C(=O)CC1CCCCO1. The third-order valence-electron chi connectivity index (χ3n) is 4.06. The van der Waals surface area contributed by atoms with E-state index in [0.717, 1.165) is 45.1 Å². The normalized spacial score (nSPS) is 27.1. The van der Waals surface area contributed by atoms with Gasteiger partial charge in [0.15, 0.2) is 0 Å². The van der Waals surface area contributed by atoms with Crippen LogP contribution in [0.3, 0.4) is 0 Å². The molecule has 0 N–H and O–H groups in total. The van der Waals surface area contributed by atoms with Gasteiger partial charge in [0.05, 0.1) is 19.1 Å². The van der Waals surface area contributed by atoms with E-state index in [1.165, 1.54) is 0 Å². The Labute approximate surface area is 120 Å². The molecule has 2 heterocycles. The summed E-state index contributed by atoms with van der Waals surface area (Å²) in [4.78, 5) is 26.1. The maximum Gasteiger partial charge on any atom is 0.328 e. The van der Waals surface area contributed by atoms with Crippen LogP contribution in [0, 0.1) is 0 Å². The van der Waals surface area contributed by atoms with Gasteiger partial charge in [0, 0.05) is 13.2 Å². The first-order valence-electron chi connectivity index (χ1n) is 7.80. The van der Waals surface area contributed by atoms with Crippen molar-refractivity contribution in [2.75, 3.05) is 19.8 Å². The zero-order valence-corrected chi connectivity index (χ0v) is 12.3. The molecular weight excluding hydrogens is 258 g/mol. The lowest BCUT2D eigenvalue weighted by Gasteiger charge is -2.35. The van der Waals surface area contributed by atoms with Gasteiger partial charge in [-0.2, -0.15) is 0 Å². The van der Waals surface area contributed by atoms with Crippen LogP contribution in [-0.4, -0.2) is 48.7 Å². The summed E-state index contributed by atoms with van der Waals surface area (Å²) in [5.74, 6) is -0.222. The van der Waals surface area contributed by atoms with Gasteiger partial charge in [-0.15, -0.1) is 0 Å². The zero-order chi connectivity index (χ0) is 14.4. The fraction of sp³-hybridized carbons (Fsp3) is 0.867. The molecule has 0 spiro atoms. The van der Waals surface area contributed by atoms with Gasteiger partial charge in [0.25, 0.3) is 0 Å². The van der Waals surface area contributed by atoms with Gasteiger partial charge >= 0.3 is 5.97 Å². The second-order valence-electron chi connectivity index (χ2n) is 5.54. The third-order valence-corrected chi connectivity index (χ3v) is 4.06. The Morgan fingerprint density at radius 2 is 2.00 bits per heavy atom. The summed E-state index contributed by atoms with van der Waals surface area (Å²) in [7, 11) is 0. The highest BCUT2D eigenvalue weighted by Gasteiger charge is 2.34. The predicted molar refractivity (Wildman–Crippen MR) is 74.2 cm³/mol. The van der Waals surface area contributed by atoms with E-state index in [2.05, 4.69) is 0 Å². The van der Waals surface area contributed by atoms with Gasteiger partial charge in [-0.05, 0) is 45.4 Å². The number of rotatable bonds is 4. The molecule has 2 fully saturated rings. The molecule has 0 bridgehead atoms. The molecule has 5 heteroatoms. The molecule has 20 heavy (non-hydrogen) atoms. The van der Waals surface area contributed by atoms with Gasteiger partial charge in [-0.1, -0.05) is 0 Å². The topological polar surface area (TPSA) is 55.8 Å². The van der Waals surface area contributed by atoms with Gasteiger partial charge < -0.3 is 14.4 Å². The minimum Gasteiger partial charge on any atom is -0.464 e. The minimum atomic E-state index is -0.389. The molecule has 114 valence electrons. The van der Waals surface area contributed by atoms with Crippen molar-refractivity contribution >= 4 is 11.9 Å². The number of carbonyl (C=O) groups is 2. The van der Waals surface area contributed by atoms with Crippen LogP contribution in [0.4, 0.5) is 0 Å². The highest BCUT2D eigenvalue weighted by molar-refractivity contribution is 5.85. The lowest BCUT2D eigenvalue weighted by atomic mass is 10.00. The second-order valence-corrected chi connectivity index (χ2v) is 5.54. The van der Waals surface area contributed by atoms with E-state index in [1.807, 2.05) is 0 Å². The van der Waals surface area contributed by atoms with E-state index >= 15 is 0 Å². The van der Waals surface area contributed by atoms with Crippen LogP contribution in [0.25, 0.3) is 0 Å². The Bertz CT molecular complexity index is 339. The van der Waals surface area contributed by atoms with Gasteiger partial charge in [-0.25, -0.2) is 4.79 Å². The van der Waals surface area contributed by atoms with Crippen molar-refractivity contribution in [3.63, 3.8) is 0 Å². The number of carbonyl (C=O) groups excluding carboxylic acids is 2. The molecule has 0 radical (unpaired) electrons. The molecule has 5 nitrogen and oxygen atoms in total. The van der Waals surface area contributed by atoms with Crippen molar-refractivity contribution in [3.8, 4) is 0 Å². The lowest BCUT2D eigenvalue weighted by molar-refractivity contribution is -0.157. The molecule has 2 aliphatic heterocycles. The van der Waals surface area contributed by atoms with Crippen molar-refractivity contribution in [3.05, 3.63) is 0 Å². The van der Waals surface area contributed by atoms with Crippen LogP contribution in [0.15, 0.2) is 0 Å². The van der Waals surface area contributed by atoms with Crippen LogP contribution in [-0.2, 0) is 19.1 Å². The van der Waals surface area contributed by atoms with Crippen molar-refractivity contribution in [1.82, 2.24) is 4.90 Å². The molecule has 2 unspecified atom stereocenters. The van der Waals surface area contributed by atoms with Crippen LogP contribution in [0.1, 0.15) is 51.9 Å². The molecule has 2 saturated heterocycles. The Kier molecular flexibility index (Phi) is 5.83. The minimum absolute atomic E-state index is 0.0287. The van der Waals surface area contributed by atoms with Crippen LogP contribution in [0.2, 0.25) is 0 Å². The number of piperidine rings is 1. The number of esters is 1. The third kappa shape index (κ3) is 3.95. The van der Waals surface area contributed by atoms with Crippen LogP contribution >= 0.6 is 0 Å². The molecule has 2 atom stereocenters. The number of ether oxygens (including phenoxy) is 2. The number of amides is 1. The quantitative estimate of drug-likeness (QED) is 0.739. The second kappa shape index (κ2) is 7.62. The average Bonchev–Trinajstić information content (AvgIpc) is 2.48. The van der Waals surface area contributed by atoms with E-state index in [-0.39, 0.29) is 24.0 Å². The summed E-state index contributed by atoms with van der Waals surface area (Å²) in [5.41, 5.74) is 0. The summed E-state index contributed by atoms with van der Waals surface area (Å²) in [6, 6.07) is -0.389. The summed E-state index contributed by atoms with van der Waals surface area (Å²) < 4.78 is 10.7. The predicted octanol–water partition coefficient (Wildman–Crippen LogP) is 1.89. The number of hydrogen-bond donors (Lipinski definition) is 0. The monoisotopic (exact) mass is 283 g/mol.